The minimum Gasteiger partial charge on any atom is -0.507 e. The monoisotopic (exact) mass is 410 g/mol. The van der Waals surface area contributed by atoms with Crippen molar-refractivity contribution in [2.24, 2.45) is 5.10 Å². The molecule has 0 aliphatic carbocycles. The summed E-state index contributed by atoms with van der Waals surface area (Å²) in [5, 5.41) is 33.9. The minimum absolute atomic E-state index is 0.103. The highest BCUT2D eigenvalue weighted by Crippen LogP contribution is 2.33. The second kappa shape index (κ2) is 8.20. The molecule has 0 saturated carbocycles. The summed E-state index contributed by atoms with van der Waals surface area (Å²) in [4.78, 5) is 29.1. The van der Waals surface area contributed by atoms with Crippen LogP contribution in [0.2, 0.25) is 5.02 Å². The van der Waals surface area contributed by atoms with Gasteiger partial charge in [0.05, 0.1) is 16.8 Å². The topological polar surface area (TPSA) is 157 Å². The number of H-pyrrole nitrogens is 1. The van der Waals surface area contributed by atoms with Crippen molar-refractivity contribution in [1.29, 1.82) is 5.26 Å². The van der Waals surface area contributed by atoms with Crippen molar-refractivity contribution < 1.29 is 10.0 Å². The van der Waals surface area contributed by atoms with Crippen LogP contribution in [0.15, 0.2) is 52.4 Å². The molecular formula is C18H11ClN6O4. The van der Waals surface area contributed by atoms with Crippen LogP contribution in [0.5, 0.6) is 5.75 Å². The Morgan fingerprint density at radius 3 is 2.69 bits per heavy atom. The highest BCUT2D eigenvalue weighted by Gasteiger charge is 2.21. The van der Waals surface area contributed by atoms with E-state index in [2.05, 4.69) is 20.5 Å². The lowest BCUT2D eigenvalue weighted by atomic mass is 10.1. The van der Waals surface area contributed by atoms with Crippen LogP contribution >= 0.6 is 11.6 Å². The third-order valence-electron chi connectivity index (χ3n) is 3.77. The number of hydrogen-bond donors (Lipinski definition) is 3. The average molecular weight is 411 g/mol. The SMILES string of the molecule is N#Cc1c(-c2ccccc2)nc(NN=Cc2c(O)ccc(Cl)c2[N+](=O)[O-])[nH]c1=O. The van der Waals surface area contributed by atoms with Gasteiger partial charge < -0.3 is 5.11 Å². The Bertz CT molecular complexity index is 1220. The van der Waals surface area contributed by atoms with E-state index in [9.17, 15) is 25.3 Å². The van der Waals surface area contributed by atoms with Crippen molar-refractivity contribution in [3.8, 4) is 23.1 Å². The average Bonchev–Trinajstić information content (AvgIpc) is 2.70. The van der Waals surface area contributed by atoms with Gasteiger partial charge in [-0.15, -0.1) is 0 Å². The Balaban J connectivity index is 1.98. The smallest absolute Gasteiger partial charge is 0.300 e. The molecule has 0 aliphatic heterocycles. The maximum Gasteiger partial charge on any atom is 0.300 e. The number of nitriles is 1. The minimum atomic E-state index is -0.751. The van der Waals surface area contributed by atoms with Crippen molar-refractivity contribution in [2.75, 3.05) is 5.43 Å². The summed E-state index contributed by atoms with van der Waals surface area (Å²) >= 11 is 5.81. The van der Waals surface area contributed by atoms with Crippen LogP contribution in [-0.4, -0.2) is 26.2 Å². The van der Waals surface area contributed by atoms with E-state index < -0.39 is 21.9 Å². The van der Waals surface area contributed by atoms with Crippen LogP contribution in [0.4, 0.5) is 11.6 Å². The molecule has 1 heterocycles. The Kier molecular flexibility index (Phi) is 5.52. The van der Waals surface area contributed by atoms with Crippen LogP contribution in [0, 0.1) is 21.4 Å². The van der Waals surface area contributed by atoms with Gasteiger partial charge in [-0.1, -0.05) is 41.9 Å². The summed E-state index contributed by atoms with van der Waals surface area (Å²) < 4.78 is 0. The molecule has 3 rings (SSSR count). The number of phenolic OH excluding ortho intramolecular Hbond substituents is 1. The third kappa shape index (κ3) is 4.05. The molecule has 0 spiro atoms. The van der Waals surface area contributed by atoms with Crippen molar-refractivity contribution in [3.05, 3.63) is 79.1 Å². The standard InChI is InChI=1S/C18H11ClN6O4/c19-13-6-7-14(26)12(16(13)25(28)29)9-21-24-18-22-15(10-4-2-1-3-5-10)11(8-20)17(27)23-18/h1-7,9,26H,(H2,22,23,24,27). The van der Waals surface area contributed by atoms with E-state index in [1.807, 2.05) is 6.07 Å². The zero-order chi connectivity index (χ0) is 21.0. The van der Waals surface area contributed by atoms with E-state index in [-0.39, 0.29) is 27.8 Å². The molecule has 0 amide bonds. The number of hydrazone groups is 1. The molecular weight excluding hydrogens is 400 g/mol. The number of nitro groups is 1. The molecule has 29 heavy (non-hydrogen) atoms. The van der Waals surface area contributed by atoms with E-state index in [1.54, 1.807) is 30.3 Å². The van der Waals surface area contributed by atoms with E-state index in [0.717, 1.165) is 6.21 Å². The summed E-state index contributed by atoms with van der Waals surface area (Å²) in [6.45, 7) is 0. The van der Waals surface area contributed by atoms with Gasteiger partial charge in [-0.2, -0.15) is 10.4 Å². The molecule has 2 aromatic carbocycles. The zero-order valence-electron chi connectivity index (χ0n) is 14.5. The largest absolute Gasteiger partial charge is 0.507 e. The third-order valence-corrected chi connectivity index (χ3v) is 4.07. The molecule has 0 atom stereocenters. The van der Waals surface area contributed by atoms with Gasteiger partial charge in [-0.25, -0.2) is 10.4 Å². The first-order chi connectivity index (χ1) is 13.9. The molecule has 0 bridgehead atoms. The number of aromatic amines is 1. The van der Waals surface area contributed by atoms with E-state index in [4.69, 9.17) is 11.6 Å². The van der Waals surface area contributed by atoms with Crippen molar-refractivity contribution in [2.45, 2.75) is 0 Å². The van der Waals surface area contributed by atoms with Gasteiger partial charge in [-0.05, 0) is 12.1 Å². The summed E-state index contributed by atoms with van der Waals surface area (Å²) in [5.41, 5.74) is 1.51. The van der Waals surface area contributed by atoms with E-state index >= 15 is 0 Å². The molecule has 0 radical (unpaired) electrons. The zero-order valence-corrected chi connectivity index (χ0v) is 15.2. The molecule has 0 fully saturated rings. The summed E-state index contributed by atoms with van der Waals surface area (Å²) in [7, 11) is 0. The number of anilines is 1. The second-order valence-corrected chi connectivity index (χ2v) is 5.98. The fourth-order valence-electron chi connectivity index (χ4n) is 2.48. The Labute approximate surface area is 167 Å². The highest BCUT2D eigenvalue weighted by atomic mass is 35.5. The number of benzene rings is 2. The lowest BCUT2D eigenvalue weighted by Crippen LogP contribution is -2.16. The molecule has 0 saturated heterocycles. The van der Waals surface area contributed by atoms with Crippen LogP contribution in [0.3, 0.4) is 0 Å². The number of phenols is 1. The highest BCUT2D eigenvalue weighted by molar-refractivity contribution is 6.33. The number of aromatic nitrogens is 2. The van der Waals surface area contributed by atoms with Gasteiger partial charge in [0.1, 0.15) is 28.0 Å². The summed E-state index contributed by atoms with van der Waals surface area (Å²) in [5.74, 6) is -0.508. The Hall–Kier alpha value is -4.23. The Morgan fingerprint density at radius 1 is 1.31 bits per heavy atom. The number of hydrogen-bond acceptors (Lipinski definition) is 8. The van der Waals surface area contributed by atoms with Gasteiger partial charge in [0.25, 0.3) is 11.2 Å². The molecule has 10 nitrogen and oxygen atoms in total. The summed E-state index contributed by atoms with van der Waals surface area (Å²) in [6, 6.07) is 12.8. The predicted octanol–water partition coefficient (Wildman–Crippen LogP) is 3.02. The van der Waals surface area contributed by atoms with Gasteiger partial charge in [0, 0.05) is 5.56 Å². The first-order valence-electron chi connectivity index (χ1n) is 7.97. The fourth-order valence-corrected chi connectivity index (χ4v) is 2.71. The van der Waals surface area contributed by atoms with Gasteiger partial charge in [-0.3, -0.25) is 19.9 Å². The van der Waals surface area contributed by atoms with E-state index in [0.29, 0.717) is 5.56 Å². The van der Waals surface area contributed by atoms with Gasteiger partial charge in [0.2, 0.25) is 5.95 Å². The first kappa shape index (κ1) is 19.5. The predicted molar refractivity (Wildman–Crippen MR) is 106 cm³/mol. The van der Waals surface area contributed by atoms with Gasteiger partial charge >= 0.3 is 0 Å². The molecule has 3 N–H and O–H groups in total. The molecule has 144 valence electrons. The first-order valence-corrected chi connectivity index (χ1v) is 8.35. The molecule has 1 aromatic heterocycles. The van der Waals surface area contributed by atoms with E-state index in [1.165, 1.54) is 12.1 Å². The number of nitro benzene ring substituents is 1. The summed E-state index contributed by atoms with van der Waals surface area (Å²) in [6.07, 6.45) is 0.972. The quantitative estimate of drug-likeness (QED) is 0.331. The lowest BCUT2D eigenvalue weighted by Gasteiger charge is -2.06. The fraction of sp³-hybridized carbons (Fsp3) is 0. The lowest BCUT2D eigenvalue weighted by molar-refractivity contribution is -0.384. The van der Waals surface area contributed by atoms with Gasteiger partial charge in [0.15, 0.2) is 0 Å². The maximum absolute atomic E-state index is 12.2. The van der Waals surface area contributed by atoms with Crippen LogP contribution < -0.4 is 11.0 Å². The normalized spacial score (nSPS) is 10.6. The maximum atomic E-state index is 12.2. The molecule has 0 aliphatic rings. The van der Waals surface area contributed by atoms with Crippen LogP contribution in [0.1, 0.15) is 11.1 Å². The molecule has 3 aromatic rings. The Morgan fingerprint density at radius 2 is 2.03 bits per heavy atom. The van der Waals surface area contributed by atoms with Crippen molar-refractivity contribution >= 4 is 29.5 Å². The number of aromatic hydroxyl groups is 1. The number of halogens is 1. The molecule has 0 unspecified atom stereocenters. The van der Waals surface area contributed by atoms with Crippen LogP contribution in [-0.2, 0) is 0 Å². The molecule has 11 heteroatoms. The van der Waals surface area contributed by atoms with Crippen LogP contribution in [0.25, 0.3) is 11.3 Å². The second-order valence-electron chi connectivity index (χ2n) is 5.57. The van der Waals surface area contributed by atoms with Crippen molar-refractivity contribution in [3.63, 3.8) is 0 Å². The number of nitrogens with one attached hydrogen (secondary N) is 2. The van der Waals surface area contributed by atoms with Crippen molar-refractivity contribution in [1.82, 2.24) is 9.97 Å². The number of nitrogens with zero attached hydrogens (tertiary/aromatic N) is 4. The number of rotatable bonds is 5.